The summed E-state index contributed by atoms with van der Waals surface area (Å²) in [7, 11) is 0. The highest BCUT2D eigenvalue weighted by molar-refractivity contribution is 5.20. The van der Waals surface area contributed by atoms with Gasteiger partial charge in [-0.1, -0.05) is 13.2 Å². The molecule has 0 radical (unpaired) electrons. The number of nitrogens with zero attached hydrogens (tertiary/aromatic N) is 2. The van der Waals surface area contributed by atoms with E-state index in [1.807, 2.05) is 0 Å². The van der Waals surface area contributed by atoms with Crippen molar-refractivity contribution in [1.29, 1.82) is 0 Å². The van der Waals surface area contributed by atoms with Gasteiger partial charge in [-0.3, -0.25) is 0 Å². The van der Waals surface area contributed by atoms with Crippen molar-refractivity contribution >= 4 is 0 Å². The molecule has 9 fully saturated rings. The topological polar surface area (TPSA) is 6.48 Å². The molecule has 2 heteroatoms. The second-order valence-corrected chi connectivity index (χ2v) is 13.6. The third-order valence-electron chi connectivity index (χ3n) is 11.6. The molecule has 1 saturated heterocycles. The minimum Gasteiger partial charge on any atom is -0.373 e. The van der Waals surface area contributed by atoms with E-state index in [-0.39, 0.29) is 0 Å². The molecule has 0 atom stereocenters. The third kappa shape index (κ3) is 3.02. The lowest BCUT2D eigenvalue weighted by Gasteiger charge is -2.59. The van der Waals surface area contributed by atoms with Crippen molar-refractivity contribution in [2.75, 3.05) is 26.2 Å². The fourth-order valence-electron chi connectivity index (χ4n) is 11.1. The quantitative estimate of drug-likeness (QED) is 0.515. The zero-order chi connectivity index (χ0) is 20.8. The lowest BCUT2D eigenvalue weighted by atomic mass is 9.48. The highest BCUT2D eigenvalue weighted by Crippen LogP contribution is 2.64. The van der Waals surface area contributed by atoms with E-state index >= 15 is 0 Å². The first-order valence-corrected chi connectivity index (χ1v) is 13.9. The number of hydrogen-bond acceptors (Lipinski definition) is 2. The van der Waals surface area contributed by atoms with Gasteiger partial charge in [0.15, 0.2) is 0 Å². The Balaban J connectivity index is 1.05. The molecule has 170 valence electrons. The van der Waals surface area contributed by atoms with Crippen LogP contribution in [0, 0.1) is 46.3 Å². The summed E-state index contributed by atoms with van der Waals surface area (Å²) in [5, 5.41) is 0. The number of hydrogen-bond donors (Lipinski definition) is 0. The molecule has 0 amide bonds. The molecule has 8 saturated carbocycles. The SMILES string of the molecule is C=C(N1CCCN(C(=C)C23CC4CC(CC(C4)C2)C3)CC1)C12CC3CC(CC(C3)C1)C2. The largest absolute Gasteiger partial charge is 0.373 e. The molecule has 31 heavy (non-hydrogen) atoms. The molecule has 1 aliphatic heterocycles. The summed E-state index contributed by atoms with van der Waals surface area (Å²) in [6.07, 6.45) is 19.2. The van der Waals surface area contributed by atoms with Crippen LogP contribution in [0.15, 0.2) is 24.6 Å². The molecule has 0 aromatic carbocycles. The van der Waals surface area contributed by atoms with Crippen LogP contribution in [-0.2, 0) is 0 Å². The Bertz CT molecular complexity index is 643. The monoisotopic (exact) mass is 420 g/mol. The van der Waals surface area contributed by atoms with Crippen LogP contribution in [0.2, 0.25) is 0 Å². The predicted octanol–water partition coefficient (Wildman–Crippen LogP) is 6.45. The van der Waals surface area contributed by atoms with Gasteiger partial charge in [-0.05, 0) is 119 Å². The molecule has 2 nitrogen and oxygen atoms in total. The van der Waals surface area contributed by atoms with Crippen molar-refractivity contribution in [2.45, 2.75) is 83.5 Å². The first kappa shape index (κ1) is 19.5. The zero-order valence-corrected chi connectivity index (χ0v) is 19.8. The van der Waals surface area contributed by atoms with Crippen LogP contribution < -0.4 is 0 Å². The summed E-state index contributed by atoms with van der Waals surface area (Å²) in [6, 6.07) is 0. The molecular weight excluding hydrogens is 376 g/mol. The van der Waals surface area contributed by atoms with E-state index in [0.29, 0.717) is 10.8 Å². The second kappa shape index (κ2) is 6.80. The Kier molecular flexibility index (Phi) is 4.28. The normalized spacial score (nSPS) is 50.1. The van der Waals surface area contributed by atoms with Gasteiger partial charge in [-0.2, -0.15) is 0 Å². The van der Waals surface area contributed by atoms with Gasteiger partial charge in [0.2, 0.25) is 0 Å². The van der Waals surface area contributed by atoms with Crippen molar-refractivity contribution in [3.05, 3.63) is 24.6 Å². The van der Waals surface area contributed by atoms with Crippen molar-refractivity contribution in [2.24, 2.45) is 46.3 Å². The van der Waals surface area contributed by atoms with E-state index in [9.17, 15) is 0 Å². The first-order valence-electron chi connectivity index (χ1n) is 13.9. The van der Waals surface area contributed by atoms with E-state index < -0.39 is 0 Å². The molecule has 0 N–H and O–H groups in total. The summed E-state index contributed by atoms with van der Waals surface area (Å²) in [5.41, 5.74) is 4.05. The second-order valence-electron chi connectivity index (χ2n) is 13.6. The van der Waals surface area contributed by atoms with Gasteiger partial charge >= 0.3 is 0 Å². The smallest absolute Gasteiger partial charge is 0.0351 e. The molecule has 8 aliphatic carbocycles. The molecule has 9 rings (SSSR count). The predicted molar refractivity (Wildman–Crippen MR) is 127 cm³/mol. The molecular formula is C29H44N2. The number of rotatable bonds is 4. The molecule has 1 heterocycles. The van der Waals surface area contributed by atoms with Crippen LogP contribution >= 0.6 is 0 Å². The highest BCUT2D eigenvalue weighted by atomic mass is 15.2. The van der Waals surface area contributed by atoms with Gasteiger partial charge in [0.05, 0.1) is 0 Å². The fourth-order valence-corrected chi connectivity index (χ4v) is 11.1. The van der Waals surface area contributed by atoms with E-state index in [1.165, 1.54) is 110 Å². The standard InChI is InChI=1S/C29H44N2/c1-20(28-14-22-8-23(15-28)10-24(9-22)16-28)30-4-3-5-31(7-6-30)21(2)29-17-25-11-26(18-29)13-27(12-25)19-29/h22-27H,1-19H2. The summed E-state index contributed by atoms with van der Waals surface area (Å²) >= 11 is 0. The van der Waals surface area contributed by atoms with E-state index in [2.05, 4.69) is 9.80 Å². The maximum absolute atomic E-state index is 4.82. The minimum atomic E-state index is 0.473. The van der Waals surface area contributed by atoms with Crippen LogP contribution in [0.3, 0.4) is 0 Å². The number of allylic oxidation sites excluding steroid dienone is 2. The van der Waals surface area contributed by atoms with Crippen LogP contribution in [0.5, 0.6) is 0 Å². The van der Waals surface area contributed by atoms with Crippen LogP contribution in [0.4, 0.5) is 0 Å². The van der Waals surface area contributed by atoms with Crippen molar-refractivity contribution in [3.8, 4) is 0 Å². The van der Waals surface area contributed by atoms with Gasteiger partial charge in [0, 0.05) is 48.4 Å². The fraction of sp³-hybridized carbons (Fsp3) is 0.862. The van der Waals surface area contributed by atoms with Gasteiger partial charge < -0.3 is 9.80 Å². The Morgan fingerprint density at radius 1 is 0.484 bits per heavy atom. The Morgan fingerprint density at radius 2 is 0.774 bits per heavy atom. The van der Waals surface area contributed by atoms with Gasteiger partial charge in [-0.25, -0.2) is 0 Å². The lowest BCUT2D eigenvalue weighted by molar-refractivity contribution is -0.0460. The van der Waals surface area contributed by atoms with E-state index in [1.54, 1.807) is 11.4 Å². The average Bonchev–Trinajstić information content (AvgIpc) is 2.97. The Labute approximate surface area is 190 Å². The molecule has 0 unspecified atom stereocenters. The maximum atomic E-state index is 4.82. The molecule has 0 aromatic heterocycles. The minimum absolute atomic E-state index is 0.473. The van der Waals surface area contributed by atoms with E-state index in [4.69, 9.17) is 13.2 Å². The summed E-state index contributed by atoms with van der Waals surface area (Å²) in [6.45, 7) is 14.5. The summed E-state index contributed by atoms with van der Waals surface area (Å²) in [5.74, 6) is 6.10. The summed E-state index contributed by atoms with van der Waals surface area (Å²) < 4.78 is 0. The average molecular weight is 421 g/mol. The molecule has 0 spiro atoms. The van der Waals surface area contributed by atoms with Crippen molar-refractivity contribution < 1.29 is 0 Å². The zero-order valence-electron chi connectivity index (χ0n) is 19.8. The molecule has 9 aliphatic rings. The Morgan fingerprint density at radius 3 is 1.06 bits per heavy atom. The van der Waals surface area contributed by atoms with Crippen LogP contribution in [0.1, 0.15) is 83.5 Å². The molecule has 8 bridgehead atoms. The first-order chi connectivity index (χ1) is 15.0. The highest BCUT2D eigenvalue weighted by Gasteiger charge is 2.54. The lowest BCUT2D eigenvalue weighted by Crippen LogP contribution is -2.50. The Hall–Kier alpha value is -0.920. The van der Waals surface area contributed by atoms with Crippen molar-refractivity contribution in [3.63, 3.8) is 0 Å². The van der Waals surface area contributed by atoms with E-state index in [0.717, 1.165) is 35.5 Å². The van der Waals surface area contributed by atoms with Crippen LogP contribution in [-0.4, -0.2) is 36.0 Å². The van der Waals surface area contributed by atoms with Crippen LogP contribution in [0.25, 0.3) is 0 Å². The maximum Gasteiger partial charge on any atom is 0.0351 e. The summed E-state index contributed by atoms with van der Waals surface area (Å²) in [4.78, 5) is 5.50. The molecule has 0 aromatic rings. The van der Waals surface area contributed by atoms with Gasteiger partial charge in [-0.15, -0.1) is 0 Å². The van der Waals surface area contributed by atoms with Gasteiger partial charge in [0.1, 0.15) is 0 Å². The van der Waals surface area contributed by atoms with Crippen molar-refractivity contribution in [1.82, 2.24) is 9.80 Å². The third-order valence-corrected chi connectivity index (χ3v) is 11.6. The van der Waals surface area contributed by atoms with Gasteiger partial charge in [0.25, 0.3) is 0 Å².